The Labute approximate surface area is 133 Å². The SMILES string of the molecule is Cc1ccc(OC(=O)COc2ccc(Cl)cc2Cl)cc1C. The first-order chi connectivity index (χ1) is 9.95. The smallest absolute Gasteiger partial charge is 0.349 e. The van der Waals surface area contributed by atoms with Crippen LogP contribution >= 0.6 is 23.2 Å². The normalized spacial score (nSPS) is 10.3. The zero-order valence-corrected chi connectivity index (χ0v) is 13.2. The minimum absolute atomic E-state index is 0.228. The van der Waals surface area contributed by atoms with Gasteiger partial charge in [0.25, 0.3) is 0 Å². The molecule has 5 heteroatoms. The maximum absolute atomic E-state index is 11.7. The van der Waals surface area contributed by atoms with Crippen molar-refractivity contribution in [1.82, 2.24) is 0 Å². The molecule has 110 valence electrons. The molecule has 0 unspecified atom stereocenters. The Morgan fingerprint density at radius 1 is 1.05 bits per heavy atom. The molecule has 0 aromatic heterocycles. The summed E-state index contributed by atoms with van der Waals surface area (Å²) in [6.45, 7) is 3.72. The molecule has 0 radical (unpaired) electrons. The van der Waals surface area contributed by atoms with E-state index in [1.165, 1.54) is 0 Å². The van der Waals surface area contributed by atoms with Gasteiger partial charge in [0, 0.05) is 5.02 Å². The number of rotatable bonds is 4. The van der Waals surface area contributed by atoms with E-state index >= 15 is 0 Å². The van der Waals surface area contributed by atoms with Crippen LogP contribution in [0.15, 0.2) is 36.4 Å². The van der Waals surface area contributed by atoms with Gasteiger partial charge in [-0.1, -0.05) is 29.3 Å². The Hall–Kier alpha value is -1.71. The molecule has 21 heavy (non-hydrogen) atoms. The van der Waals surface area contributed by atoms with Crippen LogP contribution in [0.2, 0.25) is 10.0 Å². The summed E-state index contributed by atoms with van der Waals surface area (Å²) in [6, 6.07) is 10.2. The third kappa shape index (κ3) is 4.38. The number of benzene rings is 2. The molecule has 3 nitrogen and oxygen atoms in total. The van der Waals surface area contributed by atoms with Crippen LogP contribution in [0.3, 0.4) is 0 Å². The summed E-state index contributed by atoms with van der Waals surface area (Å²) in [6.07, 6.45) is 0. The molecule has 0 saturated carbocycles. The summed E-state index contributed by atoms with van der Waals surface area (Å²) in [5.74, 6) is 0.385. The zero-order valence-electron chi connectivity index (χ0n) is 11.7. The largest absolute Gasteiger partial charge is 0.480 e. The van der Waals surface area contributed by atoms with E-state index in [1.807, 2.05) is 26.0 Å². The van der Waals surface area contributed by atoms with Gasteiger partial charge in [0.15, 0.2) is 6.61 Å². The molecule has 0 bridgehead atoms. The van der Waals surface area contributed by atoms with Crippen molar-refractivity contribution < 1.29 is 14.3 Å². The van der Waals surface area contributed by atoms with Gasteiger partial charge in [0.1, 0.15) is 11.5 Å². The Balaban J connectivity index is 1.94. The Morgan fingerprint density at radius 2 is 1.81 bits per heavy atom. The molecule has 0 aliphatic rings. The van der Waals surface area contributed by atoms with Crippen molar-refractivity contribution in [3.63, 3.8) is 0 Å². The lowest BCUT2D eigenvalue weighted by Crippen LogP contribution is -2.17. The molecule has 0 fully saturated rings. The summed E-state index contributed by atoms with van der Waals surface area (Å²) in [5, 5.41) is 0.853. The molecule has 0 aliphatic heterocycles. The molecule has 0 atom stereocenters. The molecule has 0 N–H and O–H groups in total. The molecule has 0 spiro atoms. The first kappa shape index (κ1) is 15.7. The summed E-state index contributed by atoms with van der Waals surface area (Å²) >= 11 is 11.7. The fourth-order valence-electron chi connectivity index (χ4n) is 1.67. The van der Waals surface area contributed by atoms with Crippen LogP contribution in [-0.2, 0) is 4.79 Å². The topological polar surface area (TPSA) is 35.5 Å². The van der Waals surface area contributed by atoms with Gasteiger partial charge in [-0.05, 0) is 55.3 Å². The van der Waals surface area contributed by atoms with Crippen LogP contribution in [0.1, 0.15) is 11.1 Å². The minimum Gasteiger partial charge on any atom is -0.480 e. The quantitative estimate of drug-likeness (QED) is 0.609. The van der Waals surface area contributed by atoms with Crippen molar-refractivity contribution in [1.29, 1.82) is 0 Å². The number of esters is 1. The zero-order chi connectivity index (χ0) is 15.4. The van der Waals surface area contributed by atoms with Gasteiger partial charge < -0.3 is 9.47 Å². The maximum atomic E-state index is 11.7. The number of aryl methyl sites for hydroxylation is 2. The fourth-order valence-corrected chi connectivity index (χ4v) is 2.13. The lowest BCUT2D eigenvalue weighted by molar-refractivity contribution is -0.136. The molecule has 2 aromatic rings. The van der Waals surface area contributed by atoms with Gasteiger partial charge in [-0.15, -0.1) is 0 Å². The van der Waals surface area contributed by atoms with Crippen LogP contribution in [0.4, 0.5) is 0 Å². The standard InChI is InChI=1S/C16H14Cl2O3/c1-10-3-5-13(7-11(10)2)21-16(19)9-20-15-6-4-12(17)8-14(15)18/h3-8H,9H2,1-2H3. The van der Waals surface area contributed by atoms with Gasteiger partial charge in [0.2, 0.25) is 0 Å². The van der Waals surface area contributed by atoms with Crippen molar-refractivity contribution >= 4 is 29.2 Å². The highest BCUT2D eigenvalue weighted by atomic mass is 35.5. The summed E-state index contributed by atoms with van der Waals surface area (Å²) in [4.78, 5) is 11.7. The van der Waals surface area contributed by atoms with E-state index in [2.05, 4.69) is 0 Å². The predicted octanol–water partition coefficient (Wildman–Crippen LogP) is 4.59. The lowest BCUT2D eigenvalue weighted by Gasteiger charge is -2.09. The van der Waals surface area contributed by atoms with Crippen LogP contribution in [0.5, 0.6) is 11.5 Å². The highest BCUT2D eigenvalue weighted by molar-refractivity contribution is 6.35. The van der Waals surface area contributed by atoms with Crippen molar-refractivity contribution in [3.05, 3.63) is 57.6 Å². The highest BCUT2D eigenvalue weighted by Crippen LogP contribution is 2.27. The first-order valence-electron chi connectivity index (χ1n) is 6.31. The van der Waals surface area contributed by atoms with Crippen molar-refractivity contribution in [2.45, 2.75) is 13.8 Å². The summed E-state index contributed by atoms with van der Waals surface area (Å²) in [7, 11) is 0. The maximum Gasteiger partial charge on any atom is 0.349 e. The minimum atomic E-state index is -0.496. The van der Waals surface area contributed by atoms with E-state index in [1.54, 1.807) is 24.3 Å². The van der Waals surface area contributed by atoms with Crippen molar-refractivity contribution in [3.8, 4) is 11.5 Å². The van der Waals surface area contributed by atoms with Gasteiger partial charge >= 0.3 is 5.97 Å². The van der Waals surface area contributed by atoms with E-state index in [4.69, 9.17) is 32.7 Å². The molecular formula is C16H14Cl2O3. The molecule has 0 saturated heterocycles. The second-order valence-corrected chi connectivity index (χ2v) is 5.43. The second-order valence-electron chi connectivity index (χ2n) is 4.58. The molecule has 0 aliphatic carbocycles. The first-order valence-corrected chi connectivity index (χ1v) is 7.07. The fraction of sp³-hybridized carbons (Fsp3) is 0.188. The molecule has 2 aromatic carbocycles. The number of halogens is 2. The Kier molecular flexibility index (Phi) is 5.10. The van der Waals surface area contributed by atoms with Gasteiger partial charge in [-0.25, -0.2) is 4.79 Å². The van der Waals surface area contributed by atoms with Crippen LogP contribution in [0, 0.1) is 13.8 Å². The van der Waals surface area contributed by atoms with Crippen LogP contribution < -0.4 is 9.47 Å². The van der Waals surface area contributed by atoms with Crippen LogP contribution in [0.25, 0.3) is 0 Å². The highest BCUT2D eigenvalue weighted by Gasteiger charge is 2.09. The molecule has 0 amide bonds. The average Bonchev–Trinajstić information content (AvgIpc) is 2.42. The van der Waals surface area contributed by atoms with Crippen molar-refractivity contribution in [2.24, 2.45) is 0 Å². The second kappa shape index (κ2) is 6.83. The number of carbonyl (C=O) groups excluding carboxylic acids is 1. The molecular weight excluding hydrogens is 311 g/mol. The molecule has 2 rings (SSSR count). The third-order valence-electron chi connectivity index (χ3n) is 2.95. The predicted molar refractivity (Wildman–Crippen MR) is 83.5 cm³/mol. The third-order valence-corrected chi connectivity index (χ3v) is 3.48. The number of hydrogen-bond donors (Lipinski definition) is 0. The van der Waals surface area contributed by atoms with E-state index < -0.39 is 5.97 Å². The van der Waals surface area contributed by atoms with Gasteiger partial charge in [0.05, 0.1) is 5.02 Å². The summed E-state index contributed by atoms with van der Waals surface area (Å²) in [5.41, 5.74) is 2.20. The van der Waals surface area contributed by atoms with E-state index in [0.717, 1.165) is 11.1 Å². The lowest BCUT2D eigenvalue weighted by atomic mass is 10.1. The average molecular weight is 325 g/mol. The van der Waals surface area contributed by atoms with Crippen molar-refractivity contribution in [2.75, 3.05) is 6.61 Å². The van der Waals surface area contributed by atoms with Crippen LogP contribution in [-0.4, -0.2) is 12.6 Å². The van der Waals surface area contributed by atoms with E-state index in [9.17, 15) is 4.79 Å². The van der Waals surface area contributed by atoms with Gasteiger partial charge in [-0.3, -0.25) is 0 Å². The summed E-state index contributed by atoms with van der Waals surface area (Å²) < 4.78 is 10.5. The number of carbonyl (C=O) groups is 1. The monoisotopic (exact) mass is 324 g/mol. The number of ether oxygens (including phenoxy) is 2. The number of hydrogen-bond acceptors (Lipinski definition) is 3. The Morgan fingerprint density at radius 3 is 2.48 bits per heavy atom. The van der Waals surface area contributed by atoms with Gasteiger partial charge in [-0.2, -0.15) is 0 Å². The molecule has 0 heterocycles. The van der Waals surface area contributed by atoms with E-state index in [0.29, 0.717) is 21.5 Å². The Bertz CT molecular complexity index is 669. The van der Waals surface area contributed by atoms with E-state index in [-0.39, 0.29) is 6.61 Å².